The quantitative estimate of drug-likeness (QED) is 0.682. The Balaban J connectivity index is 2.22. The van der Waals surface area contributed by atoms with Crippen molar-refractivity contribution in [2.75, 3.05) is 5.73 Å². The summed E-state index contributed by atoms with van der Waals surface area (Å²) in [6, 6.07) is 12.5. The number of hydrogen-bond acceptors (Lipinski definition) is 2. The van der Waals surface area contributed by atoms with Crippen LogP contribution in [0.15, 0.2) is 46.9 Å². The number of nitrogen functional groups attached to an aromatic ring is 1. The number of ketones is 1. The van der Waals surface area contributed by atoms with Crippen molar-refractivity contribution in [2.45, 2.75) is 6.42 Å². The summed E-state index contributed by atoms with van der Waals surface area (Å²) in [6.07, 6.45) is 0.322. The number of carbonyl (C=O) groups excluding carboxylic acids is 1. The summed E-state index contributed by atoms with van der Waals surface area (Å²) in [5, 5.41) is 0.636. The Morgan fingerprint density at radius 2 is 2.00 bits per heavy atom. The Morgan fingerprint density at radius 1 is 1.22 bits per heavy atom. The maximum absolute atomic E-state index is 12.1. The molecule has 2 aromatic rings. The Bertz CT molecular complexity index is 598. The van der Waals surface area contributed by atoms with E-state index in [0.29, 0.717) is 22.7 Å². The minimum Gasteiger partial charge on any atom is -0.399 e. The van der Waals surface area contributed by atoms with Crippen molar-refractivity contribution in [2.24, 2.45) is 0 Å². The fourth-order valence-electron chi connectivity index (χ4n) is 1.69. The molecule has 4 heteroatoms. The summed E-state index contributed by atoms with van der Waals surface area (Å²) >= 11 is 9.24. The molecule has 0 aliphatic carbocycles. The van der Waals surface area contributed by atoms with Gasteiger partial charge in [-0.3, -0.25) is 4.79 Å². The zero-order valence-electron chi connectivity index (χ0n) is 9.49. The number of Topliss-reactive ketones (excluding diaryl/α,β-unsaturated/α-hetero) is 1. The van der Waals surface area contributed by atoms with Crippen molar-refractivity contribution in [3.05, 3.63) is 63.1 Å². The Morgan fingerprint density at radius 3 is 2.67 bits per heavy atom. The van der Waals surface area contributed by atoms with Crippen LogP contribution < -0.4 is 5.73 Å². The summed E-state index contributed by atoms with van der Waals surface area (Å²) in [6.45, 7) is 0. The third-order valence-electron chi connectivity index (χ3n) is 2.55. The predicted molar refractivity (Wildman–Crippen MR) is 78.0 cm³/mol. The minimum atomic E-state index is 0.0316. The summed E-state index contributed by atoms with van der Waals surface area (Å²) in [5.41, 5.74) is 7.80. The number of nitrogens with two attached hydrogens (primary N) is 1. The lowest BCUT2D eigenvalue weighted by molar-refractivity contribution is 0.0992. The first-order valence-corrected chi connectivity index (χ1v) is 6.56. The Labute approximate surface area is 119 Å². The number of hydrogen-bond donors (Lipinski definition) is 1. The molecule has 0 aliphatic rings. The van der Waals surface area contributed by atoms with Crippen molar-refractivity contribution in [1.29, 1.82) is 0 Å². The third-order valence-corrected chi connectivity index (χ3v) is 3.44. The van der Waals surface area contributed by atoms with Crippen molar-refractivity contribution < 1.29 is 4.79 Å². The normalized spacial score (nSPS) is 10.3. The lowest BCUT2D eigenvalue weighted by atomic mass is 10.0. The first kappa shape index (κ1) is 13.1. The fourth-order valence-corrected chi connectivity index (χ4v) is 2.52. The van der Waals surface area contributed by atoms with Gasteiger partial charge >= 0.3 is 0 Å². The van der Waals surface area contributed by atoms with E-state index in [0.717, 1.165) is 10.0 Å². The average molecular weight is 325 g/mol. The maximum Gasteiger partial charge on any atom is 0.168 e. The van der Waals surface area contributed by atoms with Gasteiger partial charge in [0.15, 0.2) is 5.78 Å². The van der Waals surface area contributed by atoms with E-state index in [1.165, 1.54) is 0 Å². The monoisotopic (exact) mass is 323 g/mol. The number of rotatable bonds is 3. The molecule has 0 aromatic heterocycles. The number of halogens is 2. The van der Waals surface area contributed by atoms with E-state index < -0.39 is 0 Å². The van der Waals surface area contributed by atoms with Gasteiger partial charge in [0.2, 0.25) is 0 Å². The van der Waals surface area contributed by atoms with Gasteiger partial charge in [0.05, 0.1) is 0 Å². The fraction of sp³-hybridized carbons (Fsp3) is 0.0714. The largest absolute Gasteiger partial charge is 0.399 e. The summed E-state index contributed by atoms with van der Waals surface area (Å²) < 4.78 is 0.717. The molecular formula is C14H11BrClNO. The van der Waals surface area contributed by atoms with E-state index in [9.17, 15) is 4.79 Å². The van der Waals surface area contributed by atoms with Crippen LogP contribution >= 0.6 is 27.5 Å². The Kier molecular flexibility index (Phi) is 4.04. The van der Waals surface area contributed by atoms with Gasteiger partial charge in [-0.1, -0.05) is 23.7 Å². The second-order valence-corrected chi connectivity index (χ2v) is 5.26. The molecule has 0 bridgehead atoms. The minimum absolute atomic E-state index is 0.0316. The van der Waals surface area contributed by atoms with Crippen LogP contribution in [-0.4, -0.2) is 5.78 Å². The van der Waals surface area contributed by atoms with Crippen molar-refractivity contribution in [3.8, 4) is 0 Å². The molecule has 0 aliphatic heterocycles. The predicted octanol–water partition coefficient (Wildman–Crippen LogP) is 4.11. The molecule has 92 valence electrons. The molecule has 0 heterocycles. The van der Waals surface area contributed by atoms with Crippen molar-refractivity contribution in [3.63, 3.8) is 0 Å². The number of carbonyl (C=O) groups is 1. The van der Waals surface area contributed by atoms with Crippen molar-refractivity contribution >= 4 is 39.0 Å². The average Bonchev–Trinajstić information content (AvgIpc) is 2.28. The lowest BCUT2D eigenvalue weighted by Crippen LogP contribution is -2.04. The summed E-state index contributed by atoms with van der Waals surface area (Å²) in [4.78, 5) is 12.1. The highest BCUT2D eigenvalue weighted by atomic mass is 79.9. The summed E-state index contributed by atoms with van der Waals surface area (Å²) in [5.74, 6) is 0.0316. The van der Waals surface area contributed by atoms with Crippen LogP contribution in [-0.2, 0) is 6.42 Å². The van der Waals surface area contributed by atoms with Gasteiger partial charge < -0.3 is 5.73 Å². The van der Waals surface area contributed by atoms with E-state index in [2.05, 4.69) is 15.9 Å². The number of benzene rings is 2. The van der Waals surface area contributed by atoms with E-state index in [-0.39, 0.29) is 5.78 Å². The van der Waals surface area contributed by atoms with Crippen LogP contribution in [0.5, 0.6) is 0 Å². The van der Waals surface area contributed by atoms with E-state index in [4.69, 9.17) is 17.3 Å². The van der Waals surface area contributed by atoms with Gasteiger partial charge in [-0.25, -0.2) is 0 Å². The molecule has 0 atom stereocenters. The highest BCUT2D eigenvalue weighted by Crippen LogP contribution is 2.22. The van der Waals surface area contributed by atoms with Crippen LogP contribution in [0.4, 0.5) is 5.69 Å². The van der Waals surface area contributed by atoms with Crippen LogP contribution in [0.3, 0.4) is 0 Å². The smallest absolute Gasteiger partial charge is 0.168 e. The van der Waals surface area contributed by atoms with Gasteiger partial charge in [0, 0.05) is 27.2 Å². The van der Waals surface area contributed by atoms with E-state index in [1.807, 2.05) is 12.1 Å². The van der Waals surface area contributed by atoms with E-state index >= 15 is 0 Å². The van der Waals surface area contributed by atoms with E-state index in [1.54, 1.807) is 30.3 Å². The molecule has 0 saturated heterocycles. The van der Waals surface area contributed by atoms with Gasteiger partial charge in [0.1, 0.15) is 0 Å². The molecular weight excluding hydrogens is 314 g/mol. The molecule has 0 spiro atoms. The molecule has 0 saturated carbocycles. The third kappa shape index (κ3) is 3.12. The van der Waals surface area contributed by atoms with Gasteiger partial charge in [-0.2, -0.15) is 0 Å². The van der Waals surface area contributed by atoms with Gasteiger partial charge in [-0.15, -0.1) is 0 Å². The molecule has 0 fully saturated rings. The lowest BCUT2D eigenvalue weighted by Gasteiger charge is -2.05. The first-order chi connectivity index (χ1) is 8.56. The molecule has 18 heavy (non-hydrogen) atoms. The molecule has 2 N–H and O–H groups in total. The van der Waals surface area contributed by atoms with Gasteiger partial charge in [0.25, 0.3) is 0 Å². The maximum atomic E-state index is 12.1. The molecule has 2 aromatic carbocycles. The second-order valence-electron chi connectivity index (χ2n) is 3.97. The Hall–Kier alpha value is -1.32. The molecule has 0 radical (unpaired) electrons. The topological polar surface area (TPSA) is 43.1 Å². The molecule has 0 amide bonds. The standard InChI is InChI=1S/C14H11BrClNO/c15-13-8-11(17)4-5-12(13)14(18)7-9-2-1-3-10(16)6-9/h1-6,8H,7,17H2. The SMILES string of the molecule is Nc1ccc(C(=O)Cc2cccc(Cl)c2)c(Br)c1. The second kappa shape index (κ2) is 5.55. The van der Waals surface area contributed by atoms with Crippen LogP contribution in [0, 0.1) is 0 Å². The zero-order valence-corrected chi connectivity index (χ0v) is 11.8. The van der Waals surface area contributed by atoms with Gasteiger partial charge in [-0.05, 0) is 51.8 Å². The highest BCUT2D eigenvalue weighted by Gasteiger charge is 2.11. The molecule has 2 rings (SSSR count). The summed E-state index contributed by atoms with van der Waals surface area (Å²) in [7, 11) is 0. The zero-order chi connectivity index (χ0) is 13.1. The number of anilines is 1. The van der Waals surface area contributed by atoms with Crippen LogP contribution in [0.2, 0.25) is 5.02 Å². The van der Waals surface area contributed by atoms with Crippen LogP contribution in [0.25, 0.3) is 0 Å². The van der Waals surface area contributed by atoms with Crippen molar-refractivity contribution in [1.82, 2.24) is 0 Å². The molecule has 0 unspecified atom stereocenters. The van der Waals surface area contributed by atoms with Crippen LogP contribution in [0.1, 0.15) is 15.9 Å². The highest BCUT2D eigenvalue weighted by molar-refractivity contribution is 9.10. The molecule has 2 nitrogen and oxygen atoms in total. The first-order valence-electron chi connectivity index (χ1n) is 5.39.